The number of aromatic nitrogens is 4. The van der Waals surface area contributed by atoms with Crippen molar-refractivity contribution in [2.45, 2.75) is 6.92 Å². The lowest BCUT2D eigenvalue weighted by atomic mass is 10.0. The van der Waals surface area contributed by atoms with E-state index >= 15 is 0 Å². The summed E-state index contributed by atoms with van der Waals surface area (Å²) in [5.41, 5.74) is 3.62. The Kier molecular flexibility index (Phi) is 3.78. The topological polar surface area (TPSA) is 60.7 Å². The van der Waals surface area contributed by atoms with Crippen molar-refractivity contribution in [2.75, 3.05) is 0 Å². The molecule has 0 aliphatic rings. The average molecular weight is 349 g/mol. The Labute approximate surface area is 148 Å². The van der Waals surface area contributed by atoms with Gasteiger partial charge in [-0.1, -0.05) is 11.6 Å². The molecule has 25 heavy (non-hydrogen) atoms. The summed E-state index contributed by atoms with van der Waals surface area (Å²) >= 11 is 6.13. The van der Waals surface area contributed by atoms with Crippen LogP contribution in [0.5, 0.6) is 0 Å². The second-order valence-corrected chi connectivity index (χ2v) is 6.16. The van der Waals surface area contributed by atoms with Gasteiger partial charge in [-0.15, -0.1) is 0 Å². The molecule has 0 N–H and O–H groups in total. The Hall–Kier alpha value is -3.05. The van der Waals surface area contributed by atoms with E-state index in [-0.39, 0.29) is 5.91 Å². The van der Waals surface area contributed by atoms with E-state index in [1.165, 1.54) is 4.68 Å². The molecule has 0 atom stereocenters. The monoisotopic (exact) mass is 348 g/mol. The maximum Gasteiger partial charge on any atom is 0.278 e. The summed E-state index contributed by atoms with van der Waals surface area (Å²) in [6.07, 6.45) is 6.76. The summed E-state index contributed by atoms with van der Waals surface area (Å²) < 4.78 is 1.33. The Morgan fingerprint density at radius 3 is 2.76 bits per heavy atom. The molecule has 0 fully saturated rings. The summed E-state index contributed by atoms with van der Waals surface area (Å²) in [7, 11) is 0. The lowest BCUT2D eigenvalue weighted by Crippen LogP contribution is -2.13. The van der Waals surface area contributed by atoms with Gasteiger partial charge in [0, 0.05) is 34.6 Å². The van der Waals surface area contributed by atoms with Gasteiger partial charge in [0.25, 0.3) is 5.91 Å². The molecule has 3 heterocycles. The number of carbonyl (C=O) groups excluding carboxylic acids is 1. The zero-order valence-corrected chi connectivity index (χ0v) is 14.1. The summed E-state index contributed by atoms with van der Waals surface area (Å²) in [6.45, 7) is 1.89. The Morgan fingerprint density at radius 2 is 2.04 bits per heavy atom. The van der Waals surface area contributed by atoms with Crippen molar-refractivity contribution in [3.8, 4) is 11.3 Å². The van der Waals surface area contributed by atoms with Crippen molar-refractivity contribution in [1.29, 1.82) is 0 Å². The molecule has 0 amide bonds. The van der Waals surface area contributed by atoms with Crippen molar-refractivity contribution in [3.05, 3.63) is 77.3 Å². The van der Waals surface area contributed by atoms with Gasteiger partial charge in [0.1, 0.15) is 0 Å². The van der Waals surface area contributed by atoms with E-state index in [9.17, 15) is 4.79 Å². The third kappa shape index (κ3) is 2.90. The largest absolute Gasteiger partial charge is 0.278 e. The fraction of sp³-hybridized carbons (Fsp3) is 0.0526. The molecular formula is C19H13ClN4O. The first-order chi connectivity index (χ1) is 12.1. The number of pyridine rings is 2. The number of hydrogen-bond acceptors (Lipinski definition) is 4. The van der Waals surface area contributed by atoms with E-state index in [2.05, 4.69) is 15.1 Å². The number of aryl methyl sites for hydroxylation is 1. The minimum Gasteiger partial charge on any atom is -0.267 e. The third-order valence-corrected chi connectivity index (χ3v) is 4.11. The fourth-order valence-electron chi connectivity index (χ4n) is 2.68. The maximum absolute atomic E-state index is 13.0. The molecule has 5 nitrogen and oxygen atoms in total. The Bertz CT molecular complexity index is 1090. The number of nitrogens with zero attached hydrogens (tertiary/aromatic N) is 4. The first kappa shape index (κ1) is 15.5. The van der Waals surface area contributed by atoms with E-state index in [0.717, 1.165) is 11.1 Å². The lowest BCUT2D eigenvalue weighted by Gasteiger charge is -2.09. The molecule has 0 spiro atoms. The summed E-state index contributed by atoms with van der Waals surface area (Å²) in [4.78, 5) is 21.8. The molecule has 3 aromatic heterocycles. The predicted molar refractivity (Wildman–Crippen MR) is 96.7 cm³/mol. The number of halogens is 1. The van der Waals surface area contributed by atoms with Gasteiger partial charge < -0.3 is 0 Å². The zero-order chi connectivity index (χ0) is 17.4. The summed E-state index contributed by atoms with van der Waals surface area (Å²) in [5.74, 6) is -0.229. The van der Waals surface area contributed by atoms with Crippen LogP contribution in [0.1, 0.15) is 15.9 Å². The first-order valence-electron chi connectivity index (χ1n) is 7.68. The van der Waals surface area contributed by atoms with Crippen molar-refractivity contribution < 1.29 is 4.79 Å². The van der Waals surface area contributed by atoms with Crippen LogP contribution in [-0.2, 0) is 0 Å². The van der Waals surface area contributed by atoms with Gasteiger partial charge in [0.05, 0.1) is 23.0 Å². The number of rotatable bonds is 2. The van der Waals surface area contributed by atoms with Crippen LogP contribution in [0.4, 0.5) is 0 Å². The Morgan fingerprint density at radius 1 is 1.16 bits per heavy atom. The van der Waals surface area contributed by atoms with E-state index in [0.29, 0.717) is 27.2 Å². The van der Waals surface area contributed by atoms with Gasteiger partial charge >= 0.3 is 0 Å². The number of hydrogen-bond donors (Lipinski definition) is 0. The van der Waals surface area contributed by atoms with Gasteiger partial charge in [0.15, 0.2) is 0 Å². The molecule has 0 bridgehead atoms. The molecule has 1 aromatic carbocycles. The summed E-state index contributed by atoms with van der Waals surface area (Å²) in [6, 6.07) is 10.8. The zero-order valence-electron chi connectivity index (χ0n) is 13.3. The summed E-state index contributed by atoms with van der Waals surface area (Å²) in [5, 5.41) is 5.37. The molecule has 0 aliphatic carbocycles. The van der Waals surface area contributed by atoms with Crippen LogP contribution in [0.25, 0.3) is 22.2 Å². The third-order valence-electron chi connectivity index (χ3n) is 3.88. The highest BCUT2D eigenvalue weighted by atomic mass is 35.5. The van der Waals surface area contributed by atoms with Crippen LogP contribution in [0.15, 0.2) is 61.2 Å². The van der Waals surface area contributed by atoms with Gasteiger partial charge in [-0.3, -0.25) is 9.78 Å². The van der Waals surface area contributed by atoms with E-state index < -0.39 is 0 Å². The quantitative estimate of drug-likeness (QED) is 0.546. The lowest BCUT2D eigenvalue weighted by molar-refractivity contribution is 0.0946. The number of carbonyl (C=O) groups is 1. The van der Waals surface area contributed by atoms with Crippen LogP contribution in [0, 0.1) is 6.92 Å². The van der Waals surface area contributed by atoms with Gasteiger partial charge in [-0.25, -0.2) is 9.67 Å². The number of fused-ring (bicyclic) bond motifs is 1. The maximum atomic E-state index is 13.0. The highest BCUT2D eigenvalue weighted by Crippen LogP contribution is 2.27. The minimum atomic E-state index is -0.229. The van der Waals surface area contributed by atoms with Gasteiger partial charge in [-0.05, 0) is 48.9 Å². The van der Waals surface area contributed by atoms with Gasteiger partial charge in [0.2, 0.25) is 0 Å². The molecule has 0 radical (unpaired) electrons. The van der Waals surface area contributed by atoms with Crippen molar-refractivity contribution >= 4 is 28.4 Å². The van der Waals surface area contributed by atoms with Crippen LogP contribution in [0.3, 0.4) is 0 Å². The molecular weight excluding hydrogens is 336 g/mol. The van der Waals surface area contributed by atoms with Crippen molar-refractivity contribution in [1.82, 2.24) is 19.7 Å². The smallest absolute Gasteiger partial charge is 0.267 e. The molecule has 0 saturated carbocycles. The highest BCUT2D eigenvalue weighted by molar-refractivity contribution is 6.31. The first-order valence-corrected chi connectivity index (χ1v) is 8.06. The van der Waals surface area contributed by atoms with Crippen molar-refractivity contribution in [2.24, 2.45) is 0 Å². The van der Waals surface area contributed by atoms with Crippen LogP contribution in [-0.4, -0.2) is 25.7 Å². The molecule has 6 heteroatoms. The predicted octanol–water partition coefficient (Wildman–Crippen LogP) is 4.14. The van der Waals surface area contributed by atoms with Crippen molar-refractivity contribution in [3.63, 3.8) is 0 Å². The highest BCUT2D eigenvalue weighted by Gasteiger charge is 2.17. The fourth-order valence-corrected chi connectivity index (χ4v) is 2.86. The van der Waals surface area contributed by atoms with E-state index in [1.807, 2.05) is 25.1 Å². The second kappa shape index (κ2) is 6.11. The minimum absolute atomic E-state index is 0.229. The Balaban J connectivity index is 1.97. The van der Waals surface area contributed by atoms with Crippen LogP contribution in [0.2, 0.25) is 5.02 Å². The van der Waals surface area contributed by atoms with E-state index in [4.69, 9.17) is 11.6 Å². The second-order valence-electron chi connectivity index (χ2n) is 5.73. The molecule has 4 aromatic rings. The standard InChI is InChI=1S/C19H13ClN4O/c1-12-9-22-24(11-12)19(25)16-8-18(13-3-2-6-21-10-13)23-17-5-4-14(20)7-15(16)17/h2-11H,1H3. The van der Waals surface area contributed by atoms with Crippen LogP contribution >= 0.6 is 11.6 Å². The molecule has 4 rings (SSSR count). The van der Waals surface area contributed by atoms with Gasteiger partial charge in [-0.2, -0.15) is 5.10 Å². The average Bonchev–Trinajstić information content (AvgIpc) is 3.07. The van der Waals surface area contributed by atoms with Crippen LogP contribution < -0.4 is 0 Å². The van der Waals surface area contributed by atoms with E-state index in [1.54, 1.807) is 43.0 Å². The molecule has 0 unspecified atom stereocenters. The molecule has 0 aliphatic heterocycles. The number of benzene rings is 1. The SMILES string of the molecule is Cc1cnn(C(=O)c2cc(-c3cccnc3)nc3ccc(Cl)cc23)c1. The molecule has 122 valence electrons. The normalized spacial score (nSPS) is 11.0. The molecule has 0 saturated heterocycles.